The van der Waals surface area contributed by atoms with Gasteiger partial charge in [0, 0.05) is 9.61 Å². The molecule has 0 radical (unpaired) electrons. The molecule has 2 N–H and O–H groups in total. The highest BCUT2D eigenvalue weighted by atomic mass is 127. The average Bonchev–Trinajstić information content (AvgIpc) is 2.05. The van der Waals surface area contributed by atoms with E-state index in [-0.39, 0.29) is 18.4 Å². The Morgan fingerprint density at radius 1 is 1.46 bits per heavy atom. The van der Waals surface area contributed by atoms with Crippen molar-refractivity contribution in [3.63, 3.8) is 0 Å². The molecule has 0 saturated carbocycles. The molecule has 1 aromatic carbocycles. The first-order valence-corrected chi connectivity index (χ1v) is 4.94. The van der Waals surface area contributed by atoms with Gasteiger partial charge in [0.1, 0.15) is 0 Å². The fourth-order valence-electron chi connectivity index (χ4n) is 1.08. The van der Waals surface area contributed by atoms with E-state index in [1.165, 1.54) is 9.13 Å². The van der Waals surface area contributed by atoms with E-state index in [1.807, 2.05) is 18.2 Å². The molecule has 3 heteroatoms. The van der Waals surface area contributed by atoms with Gasteiger partial charge in [0.2, 0.25) is 0 Å². The normalized spacial score (nSPS) is 11.5. The van der Waals surface area contributed by atoms with Crippen LogP contribution >= 0.6 is 35.0 Å². The van der Waals surface area contributed by atoms with Gasteiger partial charge in [-0.2, -0.15) is 0 Å². The van der Waals surface area contributed by atoms with Crippen LogP contribution in [0.2, 0.25) is 0 Å². The van der Waals surface area contributed by atoms with Crippen LogP contribution in [-0.2, 0) is 0 Å². The Kier molecular flexibility index (Phi) is 6.37. The number of halogens is 2. The summed E-state index contributed by atoms with van der Waals surface area (Å²) >= 11 is 2.30. The molecule has 0 bridgehead atoms. The second-order valence-corrected chi connectivity index (χ2v) is 3.81. The highest BCUT2D eigenvalue weighted by Gasteiger charge is 2.05. The lowest BCUT2D eigenvalue weighted by Crippen LogP contribution is -2.10. The lowest BCUT2D eigenvalue weighted by molar-refractivity contribution is 0.737. The average molecular weight is 310 g/mol. The van der Waals surface area contributed by atoms with E-state index in [2.05, 4.69) is 41.3 Å². The van der Waals surface area contributed by atoms with Crippen LogP contribution in [0.4, 0.5) is 0 Å². The van der Waals surface area contributed by atoms with Crippen molar-refractivity contribution in [2.45, 2.75) is 12.5 Å². The zero-order chi connectivity index (χ0) is 8.97. The van der Waals surface area contributed by atoms with Gasteiger partial charge in [-0.15, -0.1) is 19.0 Å². The summed E-state index contributed by atoms with van der Waals surface area (Å²) in [6.07, 6.45) is 2.69. The fourth-order valence-corrected chi connectivity index (χ4v) is 1.87. The van der Waals surface area contributed by atoms with Gasteiger partial charge >= 0.3 is 0 Å². The van der Waals surface area contributed by atoms with Crippen molar-refractivity contribution in [3.8, 4) is 0 Å². The summed E-state index contributed by atoms with van der Waals surface area (Å²) in [5.41, 5.74) is 7.14. The van der Waals surface area contributed by atoms with Crippen LogP contribution in [0.15, 0.2) is 36.9 Å². The molecule has 0 amide bonds. The SMILES string of the molecule is C=CC[C@@H](N)c1ccccc1I.Cl. The lowest BCUT2D eigenvalue weighted by atomic mass is 10.1. The van der Waals surface area contributed by atoms with E-state index in [0.29, 0.717) is 0 Å². The first kappa shape index (κ1) is 12.9. The molecular formula is C10H13ClIN. The Bertz CT molecular complexity index is 275. The minimum atomic E-state index is 0. The monoisotopic (exact) mass is 309 g/mol. The summed E-state index contributed by atoms with van der Waals surface area (Å²) in [6.45, 7) is 3.67. The van der Waals surface area contributed by atoms with Crippen LogP contribution < -0.4 is 5.73 Å². The molecule has 13 heavy (non-hydrogen) atoms. The van der Waals surface area contributed by atoms with Crippen LogP contribution in [0.1, 0.15) is 18.0 Å². The van der Waals surface area contributed by atoms with Crippen molar-refractivity contribution < 1.29 is 0 Å². The number of benzene rings is 1. The summed E-state index contributed by atoms with van der Waals surface area (Å²) in [5.74, 6) is 0. The Labute approximate surface area is 99.0 Å². The van der Waals surface area contributed by atoms with E-state index in [9.17, 15) is 0 Å². The van der Waals surface area contributed by atoms with Gasteiger partial charge in [-0.25, -0.2) is 0 Å². The van der Waals surface area contributed by atoms with E-state index < -0.39 is 0 Å². The quantitative estimate of drug-likeness (QED) is 0.673. The first-order chi connectivity index (χ1) is 5.75. The van der Waals surface area contributed by atoms with Crippen LogP contribution in [0.3, 0.4) is 0 Å². The zero-order valence-corrected chi connectivity index (χ0v) is 10.2. The largest absolute Gasteiger partial charge is 0.324 e. The Balaban J connectivity index is 0.00000144. The van der Waals surface area contributed by atoms with Gasteiger partial charge in [-0.3, -0.25) is 0 Å². The van der Waals surface area contributed by atoms with E-state index in [4.69, 9.17) is 5.73 Å². The van der Waals surface area contributed by atoms with Gasteiger partial charge in [0.25, 0.3) is 0 Å². The number of rotatable bonds is 3. The minimum absolute atomic E-state index is 0. The molecule has 0 unspecified atom stereocenters. The maximum absolute atomic E-state index is 5.93. The molecule has 0 saturated heterocycles. The third-order valence-electron chi connectivity index (χ3n) is 1.73. The van der Waals surface area contributed by atoms with Crippen molar-refractivity contribution in [3.05, 3.63) is 46.1 Å². The second-order valence-electron chi connectivity index (χ2n) is 2.65. The fraction of sp³-hybridized carbons (Fsp3) is 0.200. The van der Waals surface area contributed by atoms with Crippen LogP contribution in [0, 0.1) is 3.57 Å². The third kappa shape index (κ3) is 3.67. The molecular weight excluding hydrogens is 296 g/mol. The molecule has 0 fully saturated rings. The molecule has 0 aliphatic heterocycles. The Morgan fingerprint density at radius 3 is 2.62 bits per heavy atom. The third-order valence-corrected chi connectivity index (χ3v) is 2.71. The van der Waals surface area contributed by atoms with Gasteiger partial charge in [0.05, 0.1) is 0 Å². The second kappa shape index (κ2) is 6.40. The molecule has 1 rings (SSSR count). The van der Waals surface area contributed by atoms with Crippen molar-refractivity contribution in [2.24, 2.45) is 5.73 Å². The molecule has 1 atom stereocenters. The van der Waals surface area contributed by atoms with Crippen LogP contribution in [-0.4, -0.2) is 0 Å². The van der Waals surface area contributed by atoms with E-state index in [1.54, 1.807) is 0 Å². The minimum Gasteiger partial charge on any atom is -0.324 e. The topological polar surface area (TPSA) is 26.0 Å². The van der Waals surface area contributed by atoms with E-state index >= 15 is 0 Å². The van der Waals surface area contributed by atoms with Crippen molar-refractivity contribution in [1.82, 2.24) is 0 Å². The van der Waals surface area contributed by atoms with Gasteiger partial charge < -0.3 is 5.73 Å². The molecule has 0 aliphatic rings. The Morgan fingerprint density at radius 2 is 2.08 bits per heavy atom. The summed E-state index contributed by atoms with van der Waals surface area (Å²) in [7, 11) is 0. The van der Waals surface area contributed by atoms with Crippen molar-refractivity contribution in [2.75, 3.05) is 0 Å². The highest BCUT2D eigenvalue weighted by molar-refractivity contribution is 14.1. The first-order valence-electron chi connectivity index (χ1n) is 3.86. The van der Waals surface area contributed by atoms with Gasteiger partial charge in [-0.05, 0) is 40.6 Å². The van der Waals surface area contributed by atoms with Crippen molar-refractivity contribution in [1.29, 1.82) is 0 Å². The maximum Gasteiger partial charge on any atom is 0.0340 e. The Hall–Kier alpha value is -0.0600. The highest BCUT2D eigenvalue weighted by Crippen LogP contribution is 2.20. The van der Waals surface area contributed by atoms with Crippen LogP contribution in [0.5, 0.6) is 0 Å². The zero-order valence-electron chi connectivity index (χ0n) is 7.24. The summed E-state index contributed by atoms with van der Waals surface area (Å²) in [5, 5.41) is 0. The van der Waals surface area contributed by atoms with Crippen molar-refractivity contribution >= 4 is 35.0 Å². The maximum atomic E-state index is 5.93. The molecule has 1 nitrogen and oxygen atoms in total. The van der Waals surface area contributed by atoms with Gasteiger partial charge in [0.15, 0.2) is 0 Å². The van der Waals surface area contributed by atoms with Crippen LogP contribution in [0.25, 0.3) is 0 Å². The standard InChI is InChI=1S/C10H12IN.ClH/c1-2-5-10(12)8-6-3-4-7-9(8)11;/h2-4,6-7,10H,1,5,12H2;1H/t10-;/m1./s1. The summed E-state index contributed by atoms with van der Waals surface area (Å²) in [4.78, 5) is 0. The summed E-state index contributed by atoms with van der Waals surface area (Å²) in [6, 6.07) is 8.26. The molecule has 0 heterocycles. The lowest BCUT2D eigenvalue weighted by Gasteiger charge is -2.10. The number of hydrogen-bond donors (Lipinski definition) is 1. The molecule has 72 valence electrons. The number of nitrogens with two attached hydrogens (primary N) is 1. The molecule has 1 aromatic rings. The molecule has 0 spiro atoms. The van der Waals surface area contributed by atoms with E-state index in [0.717, 1.165) is 6.42 Å². The predicted molar refractivity (Wildman–Crippen MR) is 68.1 cm³/mol. The predicted octanol–water partition coefficient (Wildman–Crippen LogP) is 3.29. The van der Waals surface area contributed by atoms with Gasteiger partial charge in [-0.1, -0.05) is 24.3 Å². The molecule has 0 aromatic heterocycles. The smallest absolute Gasteiger partial charge is 0.0340 e. The number of hydrogen-bond acceptors (Lipinski definition) is 1. The molecule has 0 aliphatic carbocycles. The summed E-state index contributed by atoms with van der Waals surface area (Å²) < 4.78 is 1.23.